The molecule has 2 heterocycles. The predicted molar refractivity (Wildman–Crippen MR) is 113 cm³/mol. The van der Waals surface area contributed by atoms with Gasteiger partial charge in [-0.3, -0.25) is 10.00 Å². The van der Waals surface area contributed by atoms with E-state index in [0.717, 1.165) is 10.7 Å². The minimum atomic E-state index is 0.128. The minimum absolute atomic E-state index is 0.128. The fourth-order valence-electron chi connectivity index (χ4n) is 3.25. The molecule has 2 aromatic heterocycles. The van der Waals surface area contributed by atoms with Crippen molar-refractivity contribution >= 4 is 23.6 Å². The zero-order valence-corrected chi connectivity index (χ0v) is 16.6. The molecule has 0 unspecified atom stereocenters. The molecule has 0 aliphatic carbocycles. The first-order valence-electron chi connectivity index (χ1n) is 8.73. The molecule has 0 spiro atoms. The van der Waals surface area contributed by atoms with Gasteiger partial charge >= 0.3 is 0 Å². The summed E-state index contributed by atoms with van der Waals surface area (Å²) in [5.41, 5.74) is 2.49. The molecule has 0 amide bonds. The Kier molecular flexibility index (Phi) is 5.29. The van der Waals surface area contributed by atoms with E-state index in [-0.39, 0.29) is 6.04 Å². The largest absolute Gasteiger partial charge is 0.277 e. The average Bonchev–Trinajstić information content (AvgIpc) is 3.34. The van der Waals surface area contributed by atoms with Gasteiger partial charge in [0.25, 0.3) is 0 Å². The third-order valence-corrected chi connectivity index (χ3v) is 5.66. The third kappa shape index (κ3) is 3.93. The van der Waals surface area contributed by atoms with E-state index in [2.05, 4.69) is 70.6 Å². The van der Waals surface area contributed by atoms with E-state index in [1.807, 2.05) is 34.3 Å². The minimum Gasteiger partial charge on any atom is -0.277 e. The summed E-state index contributed by atoms with van der Waals surface area (Å²) in [6.07, 6.45) is 0. The zero-order chi connectivity index (χ0) is 18.6. The summed E-state index contributed by atoms with van der Waals surface area (Å²) < 4.78 is 2.48. The summed E-state index contributed by atoms with van der Waals surface area (Å²) >= 11 is 7.13. The van der Waals surface area contributed by atoms with Crippen LogP contribution < -0.4 is 0 Å². The summed E-state index contributed by atoms with van der Waals surface area (Å²) in [5, 5.41) is 5.38. The Bertz CT molecular complexity index is 997. The first kappa shape index (κ1) is 17.9. The molecule has 0 fully saturated rings. The Morgan fingerprint density at radius 1 is 1.00 bits per heavy atom. The number of aromatic amines is 1. The number of hydrogen-bond acceptors (Lipinski definition) is 4. The summed E-state index contributed by atoms with van der Waals surface area (Å²) in [5.74, 6) is 0.819. The normalized spacial score (nSPS) is 11.4. The van der Waals surface area contributed by atoms with E-state index >= 15 is 0 Å². The molecule has 4 aromatic rings. The molecule has 0 aliphatic rings. The van der Waals surface area contributed by atoms with Crippen molar-refractivity contribution in [2.45, 2.75) is 12.7 Å². The van der Waals surface area contributed by atoms with Crippen LogP contribution in [-0.2, 0) is 6.67 Å². The smallest absolute Gasteiger partial charge is 0.217 e. The lowest BCUT2D eigenvalue weighted by Gasteiger charge is -2.29. The van der Waals surface area contributed by atoms with Crippen LogP contribution >= 0.6 is 23.6 Å². The van der Waals surface area contributed by atoms with Crippen LogP contribution in [0.15, 0.2) is 78.2 Å². The maximum atomic E-state index is 5.48. The highest BCUT2D eigenvalue weighted by Crippen LogP contribution is 2.28. The van der Waals surface area contributed by atoms with Gasteiger partial charge in [0.1, 0.15) is 0 Å². The molecular weight excluding hydrogens is 372 g/mol. The van der Waals surface area contributed by atoms with Crippen molar-refractivity contribution in [1.29, 1.82) is 0 Å². The highest BCUT2D eigenvalue weighted by atomic mass is 32.1. The summed E-state index contributed by atoms with van der Waals surface area (Å²) in [7, 11) is 2.11. The molecule has 136 valence electrons. The van der Waals surface area contributed by atoms with Crippen LogP contribution in [-0.4, -0.2) is 26.7 Å². The third-order valence-electron chi connectivity index (χ3n) is 4.47. The Labute approximate surface area is 167 Å². The first-order valence-corrected chi connectivity index (χ1v) is 10.0. The van der Waals surface area contributed by atoms with Crippen LogP contribution in [0.4, 0.5) is 0 Å². The van der Waals surface area contributed by atoms with Crippen LogP contribution in [0.25, 0.3) is 10.7 Å². The van der Waals surface area contributed by atoms with Gasteiger partial charge in [0.05, 0.1) is 17.6 Å². The van der Waals surface area contributed by atoms with Crippen LogP contribution in [0.1, 0.15) is 17.2 Å². The Hall–Kier alpha value is -2.54. The molecule has 0 radical (unpaired) electrons. The van der Waals surface area contributed by atoms with Gasteiger partial charge in [-0.25, -0.2) is 4.68 Å². The molecule has 27 heavy (non-hydrogen) atoms. The molecule has 4 nitrogen and oxygen atoms in total. The maximum Gasteiger partial charge on any atom is 0.217 e. The number of aromatic nitrogens is 3. The van der Waals surface area contributed by atoms with Crippen LogP contribution in [0.2, 0.25) is 0 Å². The predicted octanol–water partition coefficient (Wildman–Crippen LogP) is 5.35. The molecule has 6 heteroatoms. The highest BCUT2D eigenvalue weighted by Gasteiger charge is 2.20. The Morgan fingerprint density at radius 2 is 1.63 bits per heavy atom. The second-order valence-electron chi connectivity index (χ2n) is 6.38. The van der Waals surface area contributed by atoms with Gasteiger partial charge in [-0.2, -0.15) is 4.98 Å². The average molecular weight is 393 g/mol. The number of rotatable bonds is 6. The molecule has 1 N–H and O–H groups in total. The SMILES string of the molecule is CN(Cn1[nH]c(-c2cccs2)nc1=S)C(c1ccccc1)c1ccccc1. The van der Waals surface area contributed by atoms with Crippen molar-refractivity contribution in [3.05, 3.63) is 94.1 Å². The van der Waals surface area contributed by atoms with Gasteiger partial charge < -0.3 is 0 Å². The molecule has 0 aliphatic heterocycles. The van der Waals surface area contributed by atoms with E-state index in [9.17, 15) is 0 Å². The number of H-pyrrole nitrogens is 1. The Balaban J connectivity index is 1.65. The number of hydrogen-bond donors (Lipinski definition) is 1. The lowest BCUT2D eigenvalue weighted by atomic mass is 9.98. The molecule has 4 rings (SSSR count). The van der Waals surface area contributed by atoms with Crippen molar-refractivity contribution in [2.24, 2.45) is 0 Å². The summed E-state index contributed by atoms with van der Waals surface area (Å²) in [6.45, 7) is 0.617. The quantitative estimate of drug-likeness (QED) is 0.450. The second kappa shape index (κ2) is 8.00. The van der Waals surface area contributed by atoms with Gasteiger partial charge in [-0.15, -0.1) is 11.3 Å². The van der Waals surface area contributed by atoms with E-state index in [0.29, 0.717) is 11.4 Å². The lowest BCUT2D eigenvalue weighted by Crippen LogP contribution is -2.28. The van der Waals surface area contributed by atoms with Gasteiger partial charge in [-0.05, 0) is 41.8 Å². The van der Waals surface area contributed by atoms with Crippen LogP contribution in [0.3, 0.4) is 0 Å². The topological polar surface area (TPSA) is 36.9 Å². The molecule has 0 atom stereocenters. The molecule has 0 bridgehead atoms. The van der Waals surface area contributed by atoms with Gasteiger partial charge in [0.2, 0.25) is 4.77 Å². The summed E-state index contributed by atoms with van der Waals surface area (Å²) in [4.78, 5) is 7.88. The number of thiophene rings is 1. The van der Waals surface area contributed by atoms with Crippen molar-refractivity contribution in [3.8, 4) is 10.7 Å². The van der Waals surface area contributed by atoms with Gasteiger partial charge in [0.15, 0.2) is 5.82 Å². The zero-order valence-electron chi connectivity index (χ0n) is 14.9. The van der Waals surface area contributed by atoms with Crippen LogP contribution in [0.5, 0.6) is 0 Å². The van der Waals surface area contributed by atoms with Crippen molar-refractivity contribution in [3.63, 3.8) is 0 Å². The second-order valence-corrected chi connectivity index (χ2v) is 7.70. The molecule has 2 aromatic carbocycles. The maximum absolute atomic E-state index is 5.48. The fourth-order valence-corrected chi connectivity index (χ4v) is 4.11. The lowest BCUT2D eigenvalue weighted by molar-refractivity contribution is 0.208. The molecular formula is C21H20N4S2. The van der Waals surface area contributed by atoms with E-state index in [1.54, 1.807) is 11.3 Å². The number of nitrogens with one attached hydrogen (secondary N) is 1. The first-order chi connectivity index (χ1) is 13.2. The van der Waals surface area contributed by atoms with Crippen LogP contribution in [0, 0.1) is 4.77 Å². The Morgan fingerprint density at radius 3 is 2.19 bits per heavy atom. The number of benzene rings is 2. The number of nitrogens with zero attached hydrogens (tertiary/aromatic N) is 3. The molecule has 0 saturated heterocycles. The van der Waals surface area contributed by atoms with Gasteiger partial charge in [-0.1, -0.05) is 66.7 Å². The highest BCUT2D eigenvalue weighted by molar-refractivity contribution is 7.71. The van der Waals surface area contributed by atoms with Crippen molar-refractivity contribution < 1.29 is 0 Å². The monoisotopic (exact) mass is 392 g/mol. The summed E-state index contributed by atoms with van der Waals surface area (Å²) in [6, 6.07) is 25.3. The van der Waals surface area contributed by atoms with Gasteiger partial charge in [0, 0.05) is 0 Å². The standard InChI is InChI=1S/C21H20N4S2/c1-24(15-25-21(26)22-20(23-25)18-13-8-14-27-18)19(16-9-4-2-5-10-16)17-11-6-3-7-12-17/h2-14,19H,15H2,1H3,(H,22,23,26). The fraction of sp³-hybridized carbons (Fsp3) is 0.143. The van der Waals surface area contributed by atoms with Crippen molar-refractivity contribution in [1.82, 2.24) is 19.7 Å². The van der Waals surface area contributed by atoms with E-state index in [4.69, 9.17) is 12.2 Å². The van der Waals surface area contributed by atoms with Crippen molar-refractivity contribution in [2.75, 3.05) is 7.05 Å². The van der Waals surface area contributed by atoms with E-state index in [1.165, 1.54) is 11.1 Å². The van der Waals surface area contributed by atoms with E-state index < -0.39 is 0 Å². The molecule has 0 saturated carbocycles.